The van der Waals surface area contributed by atoms with Crippen molar-refractivity contribution in [1.82, 2.24) is 0 Å². The van der Waals surface area contributed by atoms with Gasteiger partial charge in [-0.25, -0.2) is 9.18 Å². The van der Waals surface area contributed by atoms with E-state index >= 15 is 0 Å². The van der Waals surface area contributed by atoms with E-state index in [-0.39, 0.29) is 5.82 Å². The van der Waals surface area contributed by atoms with Crippen LogP contribution >= 0.6 is 0 Å². The van der Waals surface area contributed by atoms with Crippen molar-refractivity contribution >= 4 is 6.08 Å². The minimum atomic E-state index is -0.550. The summed E-state index contributed by atoms with van der Waals surface area (Å²) in [4.78, 5) is 14.4. The number of carbonyl (C=O) groups excluding carboxylic acids is 1. The minimum Gasteiger partial charge on any atom is -0.496 e. The zero-order valence-electron chi connectivity index (χ0n) is 9.92. The SMILES string of the molecule is COc1cc(F)c(C)cc1C1(N=C=O)CCC1. The first-order valence-electron chi connectivity index (χ1n) is 5.56. The van der Waals surface area contributed by atoms with Crippen LogP contribution in [0.3, 0.4) is 0 Å². The van der Waals surface area contributed by atoms with E-state index in [9.17, 15) is 9.18 Å². The van der Waals surface area contributed by atoms with E-state index in [2.05, 4.69) is 4.99 Å². The lowest BCUT2D eigenvalue weighted by atomic mass is 9.71. The Balaban J connectivity index is 2.57. The largest absolute Gasteiger partial charge is 0.496 e. The monoisotopic (exact) mass is 235 g/mol. The standard InChI is InChI=1S/C13H14FNO2/c1-9-6-10(12(17-2)7-11(9)14)13(15-8-16)4-3-5-13/h6-7H,3-5H2,1-2H3. The van der Waals surface area contributed by atoms with Gasteiger partial charge < -0.3 is 4.74 Å². The van der Waals surface area contributed by atoms with Gasteiger partial charge in [0.05, 0.1) is 7.11 Å². The number of ether oxygens (including phenoxy) is 1. The molecule has 0 radical (unpaired) electrons. The number of rotatable bonds is 3. The van der Waals surface area contributed by atoms with E-state index in [0.717, 1.165) is 24.8 Å². The van der Waals surface area contributed by atoms with Crippen LogP contribution in [-0.4, -0.2) is 13.2 Å². The maximum atomic E-state index is 13.5. The molecule has 1 saturated carbocycles. The van der Waals surface area contributed by atoms with Gasteiger partial charge in [-0.3, -0.25) is 0 Å². The Labute approximate surface area is 99.3 Å². The highest BCUT2D eigenvalue weighted by Gasteiger charge is 2.41. The van der Waals surface area contributed by atoms with Gasteiger partial charge in [-0.15, -0.1) is 0 Å². The van der Waals surface area contributed by atoms with Crippen LogP contribution < -0.4 is 4.74 Å². The number of benzene rings is 1. The van der Waals surface area contributed by atoms with Gasteiger partial charge in [0.2, 0.25) is 6.08 Å². The summed E-state index contributed by atoms with van der Waals surface area (Å²) >= 11 is 0. The molecule has 90 valence electrons. The number of hydrogen-bond donors (Lipinski definition) is 0. The summed E-state index contributed by atoms with van der Waals surface area (Å²) in [6.07, 6.45) is 4.19. The Hall–Kier alpha value is -1.67. The second-order valence-corrected chi connectivity index (χ2v) is 4.39. The predicted molar refractivity (Wildman–Crippen MR) is 61.3 cm³/mol. The van der Waals surface area contributed by atoms with Crippen molar-refractivity contribution in [2.45, 2.75) is 31.7 Å². The fourth-order valence-electron chi connectivity index (χ4n) is 2.24. The predicted octanol–water partition coefficient (Wildman–Crippen LogP) is 2.86. The van der Waals surface area contributed by atoms with Crippen LogP contribution in [0.4, 0.5) is 4.39 Å². The summed E-state index contributed by atoms with van der Waals surface area (Å²) < 4.78 is 18.6. The minimum absolute atomic E-state index is 0.310. The molecule has 0 saturated heterocycles. The average molecular weight is 235 g/mol. The maximum Gasteiger partial charge on any atom is 0.235 e. The number of isocyanates is 1. The van der Waals surface area contributed by atoms with Crippen molar-refractivity contribution in [2.24, 2.45) is 4.99 Å². The van der Waals surface area contributed by atoms with Crippen LogP contribution in [-0.2, 0) is 10.3 Å². The molecule has 1 aromatic rings. The molecule has 0 spiro atoms. The highest BCUT2D eigenvalue weighted by molar-refractivity contribution is 5.47. The molecule has 1 fully saturated rings. The zero-order chi connectivity index (χ0) is 12.5. The van der Waals surface area contributed by atoms with Gasteiger partial charge in [0.15, 0.2) is 0 Å². The molecule has 0 N–H and O–H groups in total. The molecule has 0 heterocycles. The van der Waals surface area contributed by atoms with Crippen LogP contribution in [0.5, 0.6) is 5.75 Å². The van der Waals surface area contributed by atoms with Crippen molar-refractivity contribution in [1.29, 1.82) is 0 Å². The number of hydrogen-bond acceptors (Lipinski definition) is 3. The van der Waals surface area contributed by atoms with Gasteiger partial charge in [0.1, 0.15) is 17.1 Å². The molecule has 4 heteroatoms. The summed E-state index contributed by atoms with van der Waals surface area (Å²) in [6, 6.07) is 3.07. The molecular formula is C13H14FNO2. The van der Waals surface area contributed by atoms with Crippen molar-refractivity contribution in [3.63, 3.8) is 0 Å². The Bertz CT molecular complexity index is 488. The van der Waals surface area contributed by atoms with E-state index in [4.69, 9.17) is 4.74 Å². The fourth-order valence-corrected chi connectivity index (χ4v) is 2.24. The molecule has 1 aliphatic rings. The van der Waals surface area contributed by atoms with Crippen LogP contribution in [0, 0.1) is 12.7 Å². The quantitative estimate of drug-likeness (QED) is 0.597. The van der Waals surface area contributed by atoms with Crippen molar-refractivity contribution < 1.29 is 13.9 Å². The number of nitrogens with zero attached hydrogens (tertiary/aromatic N) is 1. The van der Waals surface area contributed by atoms with E-state index < -0.39 is 5.54 Å². The zero-order valence-corrected chi connectivity index (χ0v) is 9.92. The molecule has 0 atom stereocenters. The van der Waals surface area contributed by atoms with Gasteiger partial charge in [-0.1, -0.05) is 0 Å². The van der Waals surface area contributed by atoms with E-state index in [0.29, 0.717) is 11.3 Å². The van der Waals surface area contributed by atoms with Crippen LogP contribution in [0.15, 0.2) is 17.1 Å². The Morgan fingerprint density at radius 2 is 2.18 bits per heavy atom. The lowest BCUT2D eigenvalue weighted by Gasteiger charge is -2.38. The molecule has 3 nitrogen and oxygen atoms in total. The third-order valence-corrected chi connectivity index (χ3v) is 3.42. The third-order valence-electron chi connectivity index (χ3n) is 3.42. The molecule has 1 aliphatic carbocycles. The van der Waals surface area contributed by atoms with Crippen molar-refractivity contribution in [2.75, 3.05) is 7.11 Å². The molecule has 2 rings (SSSR count). The second-order valence-electron chi connectivity index (χ2n) is 4.39. The van der Waals surface area contributed by atoms with Crippen LogP contribution in [0.25, 0.3) is 0 Å². The second kappa shape index (κ2) is 4.30. The van der Waals surface area contributed by atoms with Crippen molar-refractivity contribution in [3.8, 4) is 5.75 Å². The number of aliphatic imine (C=N–C) groups is 1. The Kier molecular flexibility index (Phi) is 2.99. The summed E-state index contributed by atoms with van der Waals surface area (Å²) in [5, 5.41) is 0. The normalized spacial score (nSPS) is 16.9. The first kappa shape index (κ1) is 11.8. The molecule has 0 amide bonds. The molecule has 0 bridgehead atoms. The highest BCUT2D eigenvalue weighted by Crippen LogP contribution is 2.48. The number of methoxy groups -OCH3 is 1. The summed E-state index contributed by atoms with van der Waals surface area (Å²) in [5.74, 6) is 0.141. The van der Waals surface area contributed by atoms with Crippen molar-refractivity contribution in [3.05, 3.63) is 29.1 Å². The molecule has 0 aliphatic heterocycles. The topological polar surface area (TPSA) is 38.7 Å². The Morgan fingerprint density at radius 3 is 2.65 bits per heavy atom. The molecular weight excluding hydrogens is 221 g/mol. The first-order valence-corrected chi connectivity index (χ1v) is 5.56. The smallest absolute Gasteiger partial charge is 0.235 e. The summed E-state index contributed by atoms with van der Waals surface area (Å²) in [5.41, 5.74) is 0.771. The molecule has 17 heavy (non-hydrogen) atoms. The molecule has 0 unspecified atom stereocenters. The average Bonchev–Trinajstić information content (AvgIpc) is 2.27. The van der Waals surface area contributed by atoms with Gasteiger partial charge >= 0.3 is 0 Å². The number of halogens is 1. The van der Waals surface area contributed by atoms with Gasteiger partial charge in [-0.05, 0) is 37.8 Å². The van der Waals surface area contributed by atoms with Gasteiger partial charge in [0.25, 0.3) is 0 Å². The number of aryl methyl sites for hydroxylation is 1. The van der Waals surface area contributed by atoms with E-state index in [1.165, 1.54) is 13.2 Å². The summed E-state index contributed by atoms with van der Waals surface area (Å²) in [7, 11) is 1.49. The highest BCUT2D eigenvalue weighted by atomic mass is 19.1. The third kappa shape index (κ3) is 1.85. The van der Waals surface area contributed by atoms with Crippen LogP contribution in [0.2, 0.25) is 0 Å². The lowest BCUT2D eigenvalue weighted by Crippen LogP contribution is -2.32. The first-order chi connectivity index (χ1) is 8.13. The van der Waals surface area contributed by atoms with E-state index in [1.54, 1.807) is 19.1 Å². The molecule has 1 aromatic carbocycles. The van der Waals surface area contributed by atoms with E-state index in [1.807, 2.05) is 0 Å². The van der Waals surface area contributed by atoms with Crippen LogP contribution in [0.1, 0.15) is 30.4 Å². The Morgan fingerprint density at radius 1 is 1.47 bits per heavy atom. The van der Waals surface area contributed by atoms with Gasteiger partial charge in [0, 0.05) is 11.6 Å². The summed E-state index contributed by atoms with van der Waals surface area (Å²) in [6.45, 7) is 1.69. The molecule has 0 aromatic heterocycles. The fraction of sp³-hybridized carbons (Fsp3) is 0.462. The van der Waals surface area contributed by atoms with Gasteiger partial charge in [-0.2, -0.15) is 4.99 Å². The lowest BCUT2D eigenvalue weighted by molar-refractivity contribution is 0.245. The maximum absolute atomic E-state index is 13.5.